The molecule has 1 unspecified atom stereocenters. The molecule has 0 aliphatic heterocycles. The smallest absolute Gasteiger partial charge is 0.0984 e. The predicted octanol–water partition coefficient (Wildman–Crippen LogP) is 0.457. The SMILES string of the molecule is NCOPc1ccccc1.[B]. The third-order valence-electron chi connectivity index (χ3n) is 1.05. The van der Waals surface area contributed by atoms with Gasteiger partial charge in [0.1, 0.15) is 0 Å². The third kappa shape index (κ3) is 4.15. The molecule has 0 aliphatic rings. The van der Waals surface area contributed by atoms with Crippen molar-refractivity contribution < 1.29 is 4.52 Å². The standard InChI is InChI=1S/C7H10NOP.B/c8-6-9-10-7-4-2-1-3-5-7;/h1-5,10H,6,8H2;. The first-order valence-electron chi connectivity index (χ1n) is 3.06. The van der Waals surface area contributed by atoms with Gasteiger partial charge in [0.2, 0.25) is 0 Å². The largest absolute Gasteiger partial charge is 0.343 e. The van der Waals surface area contributed by atoms with Crippen molar-refractivity contribution in [1.29, 1.82) is 0 Å². The van der Waals surface area contributed by atoms with E-state index in [-0.39, 0.29) is 8.41 Å². The maximum atomic E-state index is 5.16. The van der Waals surface area contributed by atoms with E-state index in [1.807, 2.05) is 30.3 Å². The molecular weight excluding hydrogens is 156 g/mol. The number of benzene rings is 1. The lowest BCUT2D eigenvalue weighted by atomic mass is 10.4. The van der Waals surface area contributed by atoms with Gasteiger partial charge in [0.05, 0.1) is 6.73 Å². The number of rotatable bonds is 3. The Balaban J connectivity index is 0.000001000. The lowest BCUT2D eigenvalue weighted by Gasteiger charge is -1.98. The first-order valence-corrected chi connectivity index (χ1v) is 3.97. The maximum Gasteiger partial charge on any atom is 0.0984 e. The van der Waals surface area contributed by atoms with Crippen LogP contribution >= 0.6 is 8.81 Å². The Labute approximate surface area is 70.6 Å². The third-order valence-corrected chi connectivity index (χ3v) is 1.93. The highest BCUT2D eigenvalue weighted by Crippen LogP contribution is 2.08. The zero-order valence-electron chi connectivity index (χ0n) is 6.16. The van der Waals surface area contributed by atoms with Gasteiger partial charge in [-0.15, -0.1) is 0 Å². The molecule has 0 saturated heterocycles. The van der Waals surface area contributed by atoms with E-state index in [4.69, 9.17) is 10.3 Å². The molecule has 1 atom stereocenters. The van der Waals surface area contributed by atoms with Gasteiger partial charge in [-0.2, -0.15) is 0 Å². The van der Waals surface area contributed by atoms with Crippen LogP contribution in [0.15, 0.2) is 30.3 Å². The van der Waals surface area contributed by atoms with Gasteiger partial charge < -0.3 is 10.3 Å². The van der Waals surface area contributed by atoms with Crippen LogP contribution in [-0.4, -0.2) is 15.1 Å². The fraction of sp³-hybridized carbons (Fsp3) is 0.143. The fourth-order valence-corrected chi connectivity index (χ4v) is 1.21. The van der Waals surface area contributed by atoms with E-state index in [0.717, 1.165) is 0 Å². The monoisotopic (exact) mass is 166 g/mol. The normalized spacial score (nSPS) is 9.91. The Morgan fingerprint density at radius 3 is 2.45 bits per heavy atom. The van der Waals surface area contributed by atoms with Crippen LogP contribution in [0.2, 0.25) is 0 Å². The zero-order chi connectivity index (χ0) is 7.23. The average Bonchev–Trinajstić information content (AvgIpc) is 2.03. The molecule has 0 heterocycles. The highest BCUT2D eigenvalue weighted by molar-refractivity contribution is 7.41. The summed E-state index contributed by atoms with van der Waals surface area (Å²) in [7, 11) is 0.379. The van der Waals surface area contributed by atoms with Crippen LogP contribution in [0.25, 0.3) is 0 Å². The van der Waals surface area contributed by atoms with Crippen molar-refractivity contribution in [2.24, 2.45) is 5.73 Å². The lowest BCUT2D eigenvalue weighted by molar-refractivity contribution is 0.381. The molecular formula is C7H10BNOP. The Bertz CT molecular complexity index is 183. The number of nitrogens with two attached hydrogens (primary N) is 1. The first kappa shape index (κ1) is 10.6. The first-order chi connectivity index (χ1) is 4.93. The van der Waals surface area contributed by atoms with Crippen LogP contribution in [0.4, 0.5) is 0 Å². The molecule has 0 fully saturated rings. The lowest BCUT2D eigenvalue weighted by Crippen LogP contribution is -2.01. The summed E-state index contributed by atoms with van der Waals surface area (Å²) in [6.45, 7) is 0.299. The average molecular weight is 166 g/mol. The van der Waals surface area contributed by atoms with E-state index >= 15 is 0 Å². The van der Waals surface area contributed by atoms with Crippen LogP contribution in [0.5, 0.6) is 0 Å². The molecule has 0 saturated carbocycles. The van der Waals surface area contributed by atoms with E-state index in [0.29, 0.717) is 15.5 Å². The minimum Gasteiger partial charge on any atom is -0.343 e. The van der Waals surface area contributed by atoms with Gasteiger partial charge in [0.15, 0.2) is 0 Å². The van der Waals surface area contributed by atoms with Crippen LogP contribution in [0.3, 0.4) is 0 Å². The Hall–Kier alpha value is -0.365. The summed E-state index contributed by atoms with van der Waals surface area (Å²) in [4.78, 5) is 0. The number of hydrogen-bond acceptors (Lipinski definition) is 2. The molecule has 4 heteroatoms. The Kier molecular flexibility index (Phi) is 6.14. The van der Waals surface area contributed by atoms with E-state index in [2.05, 4.69) is 0 Å². The van der Waals surface area contributed by atoms with Crippen LogP contribution < -0.4 is 11.0 Å². The van der Waals surface area contributed by atoms with E-state index in [1.54, 1.807) is 0 Å². The summed E-state index contributed by atoms with van der Waals surface area (Å²) in [5.74, 6) is 0. The van der Waals surface area contributed by atoms with Gasteiger partial charge in [-0.05, 0) is 5.30 Å². The van der Waals surface area contributed by atoms with Gasteiger partial charge in [0.25, 0.3) is 0 Å². The molecule has 2 nitrogen and oxygen atoms in total. The van der Waals surface area contributed by atoms with Crippen molar-refractivity contribution in [1.82, 2.24) is 0 Å². The van der Waals surface area contributed by atoms with Gasteiger partial charge in [0, 0.05) is 17.2 Å². The highest BCUT2D eigenvalue weighted by Gasteiger charge is 1.87. The zero-order valence-corrected chi connectivity index (χ0v) is 7.16. The van der Waals surface area contributed by atoms with Crippen molar-refractivity contribution >= 4 is 22.5 Å². The van der Waals surface area contributed by atoms with E-state index < -0.39 is 0 Å². The fourth-order valence-electron chi connectivity index (χ4n) is 0.631. The summed E-state index contributed by atoms with van der Waals surface area (Å²) < 4.78 is 5.03. The molecule has 0 amide bonds. The Morgan fingerprint density at radius 1 is 1.27 bits per heavy atom. The van der Waals surface area contributed by atoms with E-state index in [1.165, 1.54) is 5.30 Å². The second-order valence-electron chi connectivity index (χ2n) is 1.78. The minimum absolute atomic E-state index is 0. The molecule has 2 N–H and O–H groups in total. The molecule has 0 bridgehead atoms. The second-order valence-corrected chi connectivity index (χ2v) is 2.85. The van der Waals surface area contributed by atoms with Gasteiger partial charge >= 0.3 is 0 Å². The summed E-state index contributed by atoms with van der Waals surface area (Å²) in [5.41, 5.74) is 5.16. The van der Waals surface area contributed by atoms with Crippen LogP contribution in [-0.2, 0) is 4.52 Å². The molecule has 1 aromatic rings. The Morgan fingerprint density at radius 2 is 1.91 bits per heavy atom. The predicted molar refractivity (Wildman–Crippen MR) is 50.3 cm³/mol. The van der Waals surface area contributed by atoms with Crippen LogP contribution in [0.1, 0.15) is 0 Å². The summed E-state index contributed by atoms with van der Waals surface area (Å²) >= 11 is 0. The maximum absolute atomic E-state index is 5.16. The minimum atomic E-state index is 0. The van der Waals surface area contributed by atoms with Crippen molar-refractivity contribution in [3.63, 3.8) is 0 Å². The second kappa shape index (κ2) is 6.35. The molecule has 0 aliphatic carbocycles. The van der Waals surface area contributed by atoms with Crippen molar-refractivity contribution in [2.45, 2.75) is 0 Å². The molecule has 1 rings (SSSR count). The quantitative estimate of drug-likeness (QED) is 0.402. The van der Waals surface area contributed by atoms with Crippen molar-refractivity contribution in [3.05, 3.63) is 30.3 Å². The van der Waals surface area contributed by atoms with Gasteiger partial charge in [-0.25, -0.2) is 0 Å². The molecule has 11 heavy (non-hydrogen) atoms. The summed E-state index contributed by atoms with van der Waals surface area (Å²) in [6.07, 6.45) is 0. The molecule has 1 aromatic carbocycles. The summed E-state index contributed by atoms with van der Waals surface area (Å²) in [6, 6.07) is 10.0. The van der Waals surface area contributed by atoms with Crippen molar-refractivity contribution in [2.75, 3.05) is 6.73 Å². The molecule has 57 valence electrons. The van der Waals surface area contributed by atoms with Crippen molar-refractivity contribution in [3.8, 4) is 0 Å². The molecule has 3 radical (unpaired) electrons. The molecule has 0 aromatic heterocycles. The molecule has 0 spiro atoms. The topological polar surface area (TPSA) is 35.2 Å². The van der Waals surface area contributed by atoms with E-state index in [9.17, 15) is 0 Å². The highest BCUT2D eigenvalue weighted by atomic mass is 31.1. The van der Waals surface area contributed by atoms with Gasteiger partial charge in [-0.3, -0.25) is 0 Å². The van der Waals surface area contributed by atoms with Gasteiger partial charge in [-0.1, -0.05) is 30.3 Å². The van der Waals surface area contributed by atoms with Crippen LogP contribution in [0, 0.1) is 0 Å². The number of hydrogen-bond donors (Lipinski definition) is 1. The summed E-state index contributed by atoms with van der Waals surface area (Å²) in [5, 5.41) is 1.19.